The number of nitrogens with zero attached hydrogens (tertiary/aromatic N) is 3. The minimum Gasteiger partial charge on any atom is -0.483 e. The molecule has 21 heavy (non-hydrogen) atoms. The number of hydrogen-bond acceptors (Lipinski definition) is 6. The van der Waals surface area contributed by atoms with E-state index in [-0.39, 0.29) is 6.61 Å². The monoisotopic (exact) mass is 284 g/mol. The zero-order chi connectivity index (χ0) is 14.9. The number of rotatable bonds is 4. The lowest BCUT2D eigenvalue weighted by Gasteiger charge is -2.11. The Kier molecular flexibility index (Phi) is 3.31. The molecule has 2 N–H and O–H groups in total. The zero-order valence-electron chi connectivity index (χ0n) is 11.9. The number of pyridine rings is 1. The molecule has 0 saturated carbocycles. The van der Waals surface area contributed by atoms with Crippen LogP contribution in [0.2, 0.25) is 0 Å². The first-order valence-electron chi connectivity index (χ1n) is 6.62. The van der Waals surface area contributed by atoms with Crippen molar-refractivity contribution in [2.75, 3.05) is 0 Å². The fraction of sp³-hybridized carbons (Fsp3) is 0.267. The molecule has 3 aromatic rings. The smallest absolute Gasteiger partial charge is 0.264 e. The van der Waals surface area contributed by atoms with Crippen molar-refractivity contribution in [2.24, 2.45) is 5.73 Å². The number of benzene rings is 1. The highest BCUT2D eigenvalue weighted by Crippen LogP contribution is 2.24. The Labute approximate surface area is 121 Å². The summed E-state index contributed by atoms with van der Waals surface area (Å²) in [6.07, 6.45) is 1.75. The summed E-state index contributed by atoms with van der Waals surface area (Å²) in [5.74, 6) is 1.58. The predicted molar refractivity (Wildman–Crippen MR) is 77.6 cm³/mol. The van der Waals surface area contributed by atoms with Gasteiger partial charge in [0.05, 0.1) is 11.1 Å². The van der Waals surface area contributed by atoms with Crippen LogP contribution in [0.4, 0.5) is 0 Å². The van der Waals surface area contributed by atoms with Crippen molar-refractivity contribution in [3.8, 4) is 5.75 Å². The molecule has 0 aliphatic carbocycles. The van der Waals surface area contributed by atoms with E-state index in [1.165, 1.54) is 0 Å². The molecule has 1 aromatic carbocycles. The Morgan fingerprint density at radius 3 is 2.86 bits per heavy atom. The van der Waals surface area contributed by atoms with Gasteiger partial charge in [-0.05, 0) is 38.1 Å². The minimum atomic E-state index is -0.634. The number of fused-ring (bicyclic) bond motifs is 1. The van der Waals surface area contributed by atoms with Crippen molar-refractivity contribution >= 4 is 10.9 Å². The Morgan fingerprint density at radius 1 is 1.24 bits per heavy atom. The van der Waals surface area contributed by atoms with Crippen molar-refractivity contribution in [1.82, 2.24) is 15.1 Å². The molecule has 3 rings (SSSR count). The molecule has 0 spiro atoms. The van der Waals surface area contributed by atoms with Crippen LogP contribution in [0.25, 0.3) is 10.9 Å². The van der Waals surface area contributed by atoms with E-state index in [9.17, 15) is 0 Å². The maximum absolute atomic E-state index is 5.92. The Morgan fingerprint density at radius 2 is 2.10 bits per heavy atom. The Hall–Kier alpha value is -2.47. The lowest BCUT2D eigenvalue weighted by molar-refractivity contribution is 0.244. The van der Waals surface area contributed by atoms with Crippen LogP contribution in [0, 0.1) is 0 Å². The number of ether oxygens (including phenoxy) is 1. The summed E-state index contributed by atoms with van der Waals surface area (Å²) in [6.45, 7) is 3.83. The number of hydrogen-bond donors (Lipinski definition) is 1. The van der Waals surface area contributed by atoms with Gasteiger partial charge in [0, 0.05) is 11.6 Å². The molecule has 2 heterocycles. The van der Waals surface area contributed by atoms with Gasteiger partial charge in [-0.15, -0.1) is 0 Å². The summed E-state index contributed by atoms with van der Waals surface area (Å²) in [7, 11) is 0. The molecule has 2 aromatic heterocycles. The average Bonchev–Trinajstić information content (AvgIpc) is 2.94. The van der Waals surface area contributed by atoms with E-state index < -0.39 is 5.54 Å². The molecule has 0 radical (unpaired) electrons. The first kappa shape index (κ1) is 13.5. The molecule has 0 saturated heterocycles. The van der Waals surface area contributed by atoms with Crippen LogP contribution in [0.1, 0.15) is 25.6 Å². The van der Waals surface area contributed by atoms with Crippen LogP contribution < -0.4 is 10.5 Å². The van der Waals surface area contributed by atoms with E-state index >= 15 is 0 Å². The van der Waals surface area contributed by atoms with Gasteiger partial charge in [-0.2, -0.15) is 4.98 Å². The van der Waals surface area contributed by atoms with Gasteiger partial charge in [0.25, 0.3) is 5.89 Å². The standard InChI is InChI=1S/C15H16N4O2/c1-15(2,16)14-18-13(21-19-14)9-20-12-7-3-6-11-10(12)5-4-8-17-11/h3-8H,9,16H2,1-2H3. The SMILES string of the molecule is CC(C)(N)c1noc(COc2cccc3ncccc23)n1. The molecule has 0 atom stereocenters. The van der Waals surface area contributed by atoms with Gasteiger partial charge in [0.1, 0.15) is 5.75 Å². The van der Waals surface area contributed by atoms with Crippen LogP contribution in [0.15, 0.2) is 41.1 Å². The van der Waals surface area contributed by atoms with Gasteiger partial charge in [-0.1, -0.05) is 11.2 Å². The molecule has 0 aliphatic heterocycles. The number of aromatic nitrogens is 3. The van der Waals surface area contributed by atoms with Crippen LogP contribution >= 0.6 is 0 Å². The van der Waals surface area contributed by atoms with E-state index in [1.807, 2.05) is 44.2 Å². The molecular weight excluding hydrogens is 268 g/mol. The highest BCUT2D eigenvalue weighted by atomic mass is 16.5. The molecular formula is C15H16N4O2. The predicted octanol–water partition coefficient (Wildman–Crippen LogP) is 2.39. The van der Waals surface area contributed by atoms with E-state index in [1.54, 1.807) is 6.20 Å². The second kappa shape index (κ2) is 5.14. The van der Waals surface area contributed by atoms with Gasteiger partial charge in [0.2, 0.25) is 0 Å². The summed E-state index contributed by atoms with van der Waals surface area (Å²) in [4.78, 5) is 8.52. The van der Waals surface area contributed by atoms with Crippen LogP contribution in [-0.4, -0.2) is 15.1 Å². The first-order chi connectivity index (χ1) is 10.0. The molecule has 6 heteroatoms. The molecule has 0 amide bonds. The van der Waals surface area contributed by atoms with Crippen LogP contribution in [0.5, 0.6) is 5.75 Å². The van der Waals surface area contributed by atoms with Crippen LogP contribution in [0.3, 0.4) is 0 Å². The summed E-state index contributed by atoms with van der Waals surface area (Å²) in [5, 5.41) is 4.80. The third kappa shape index (κ3) is 2.85. The molecule has 0 bridgehead atoms. The Balaban J connectivity index is 1.79. The molecule has 0 aliphatic rings. The highest BCUT2D eigenvalue weighted by molar-refractivity contribution is 5.84. The first-order valence-corrected chi connectivity index (χ1v) is 6.62. The van der Waals surface area contributed by atoms with Crippen molar-refractivity contribution in [2.45, 2.75) is 26.0 Å². The summed E-state index contributed by atoms with van der Waals surface area (Å²) < 4.78 is 10.9. The minimum absolute atomic E-state index is 0.192. The van der Waals surface area contributed by atoms with Crippen molar-refractivity contribution in [3.05, 3.63) is 48.2 Å². The topological polar surface area (TPSA) is 87.1 Å². The van der Waals surface area contributed by atoms with Crippen molar-refractivity contribution in [3.63, 3.8) is 0 Å². The second-order valence-electron chi connectivity index (χ2n) is 5.35. The van der Waals surface area contributed by atoms with Crippen molar-refractivity contribution < 1.29 is 9.26 Å². The van der Waals surface area contributed by atoms with Crippen LogP contribution in [-0.2, 0) is 12.1 Å². The maximum atomic E-state index is 5.92. The lowest BCUT2D eigenvalue weighted by atomic mass is 10.1. The molecule has 108 valence electrons. The van der Waals surface area contributed by atoms with Gasteiger partial charge in [0.15, 0.2) is 12.4 Å². The fourth-order valence-corrected chi connectivity index (χ4v) is 1.92. The largest absolute Gasteiger partial charge is 0.483 e. The van der Waals surface area contributed by atoms with Gasteiger partial charge in [-0.25, -0.2) is 0 Å². The highest BCUT2D eigenvalue weighted by Gasteiger charge is 2.21. The average molecular weight is 284 g/mol. The van der Waals surface area contributed by atoms with E-state index in [2.05, 4.69) is 15.1 Å². The fourth-order valence-electron chi connectivity index (χ4n) is 1.92. The Bertz CT molecular complexity index is 756. The normalized spacial score (nSPS) is 11.8. The van der Waals surface area contributed by atoms with Gasteiger partial charge < -0.3 is 15.0 Å². The summed E-state index contributed by atoms with van der Waals surface area (Å²) in [5.41, 5.74) is 6.16. The second-order valence-corrected chi connectivity index (χ2v) is 5.35. The van der Waals surface area contributed by atoms with Crippen molar-refractivity contribution in [1.29, 1.82) is 0 Å². The number of nitrogens with two attached hydrogens (primary N) is 1. The maximum Gasteiger partial charge on any atom is 0.264 e. The lowest BCUT2D eigenvalue weighted by Crippen LogP contribution is -2.30. The third-order valence-electron chi connectivity index (χ3n) is 3.00. The summed E-state index contributed by atoms with van der Waals surface area (Å²) >= 11 is 0. The quantitative estimate of drug-likeness (QED) is 0.791. The third-order valence-corrected chi connectivity index (χ3v) is 3.00. The molecule has 0 fully saturated rings. The molecule has 0 unspecified atom stereocenters. The zero-order valence-corrected chi connectivity index (χ0v) is 11.9. The van der Waals surface area contributed by atoms with E-state index in [0.717, 1.165) is 16.7 Å². The summed E-state index contributed by atoms with van der Waals surface area (Å²) in [6, 6.07) is 9.54. The van der Waals surface area contributed by atoms with E-state index in [0.29, 0.717) is 11.7 Å². The van der Waals surface area contributed by atoms with Gasteiger partial charge >= 0.3 is 0 Å². The van der Waals surface area contributed by atoms with E-state index in [4.69, 9.17) is 15.0 Å². The molecule has 6 nitrogen and oxygen atoms in total. The van der Waals surface area contributed by atoms with Gasteiger partial charge in [-0.3, -0.25) is 4.98 Å².